The van der Waals surface area contributed by atoms with Crippen molar-refractivity contribution >= 4 is 29.0 Å². The molecule has 1 unspecified atom stereocenters. The van der Waals surface area contributed by atoms with E-state index in [1.807, 2.05) is 45.9 Å². The maximum Gasteiger partial charge on any atom is 0.317 e. The predicted molar refractivity (Wildman–Crippen MR) is 120 cm³/mol. The summed E-state index contributed by atoms with van der Waals surface area (Å²) in [7, 11) is 0. The molecule has 1 atom stereocenters. The summed E-state index contributed by atoms with van der Waals surface area (Å²) in [6, 6.07) is 7.90. The largest absolute Gasteiger partial charge is 0.480 e. The molecule has 0 spiro atoms. The maximum absolute atomic E-state index is 11.3. The number of carbonyl (C=O) groups is 1. The molecule has 0 bridgehead atoms. The molecule has 9 nitrogen and oxygen atoms in total. The van der Waals surface area contributed by atoms with Gasteiger partial charge in [0.25, 0.3) is 0 Å². The number of nitrogens with zero attached hydrogens (tertiary/aromatic N) is 3. The summed E-state index contributed by atoms with van der Waals surface area (Å²) in [4.78, 5) is 17.0. The van der Waals surface area contributed by atoms with Crippen molar-refractivity contribution in [1.82, 2.24) is 20.0 Å². The van der Waals surface area contributed by atoms with Crippen LogP contribution in [0.4, 0.5) is 5.69 Å². The number of benzene rings is 1. The Bertz CT molecular complexity index is 676. The van der Waals surface area contributed by atoms with Gasteiger partial charge in [0.2, 0.25) is 0 Å². The normalized spacial score (nSPS) is 19.5. The highest BCUT2D eigenvalue weighted by Gasteiger charge is 2.25. The summed E-state index contributed by atoms with van der Waals surface area (Å²) < 4.78 is 0. The zero-order valence-electron chi connectivity index (χ0n) is 17.5. The van der Waals surface area contributed by atoms with Crippen LogP contribution in [0, 0.1) is 0 Å². The van der Waals surface area contributed by atoms with Crippen molar-refractivity contribution in [3.63, 3.8) is 0 Å². The molecule has 1 fully saturated rings. The van der Waals surface area contributed by atoms with E-state index in [1.165, 1.54) is 0 Å². The molecule has 0 aliphatic carbocycles. The van der Waals surface area contributed by atoms with Gasteiger partial charge in [0, 0.05) is 51.0 Å². The Morgan fingerprint density at radius 1 is 1.10 bits per heavy atom. The van der Waals surface area contributed by atoms with E-state index in [1.54, 1.807) is 0 Å². The van der Waals surface area contributed by atoms with Crippen molar-refractivity contribution in [2.24, 2.45) is 0 Å². The molecule has 1 aliphatic rings. The van der Waals surface area contributed by atoms with E-state index in [-0.39, 0.29) is 26.0 Å². The highest BCUT2D eigenvalue weighted by molar-refractivity contribution is 7.80. The standard InChI is InChI=1S/C20H33N5O4S/c1-2-21-20(30)22-17-5-3-16(4-6-17)11-18-12-24(13-19(28)29)8-7-23(14-26)9-10-25(18)15-27/h3-6,18,26-27H,2,7-15H2,1H3,(H,28,29)(H2,21,22,30). The number of nitrogens with one attached hydrogen (secondary N) is 2. The minimum absolute atomic E-state index is 0.0466. The van der Waals surface area contributed by atoms with Crippen molar-refractivity contribution < 1.29 is 20.1 Å². The number of carboxylic acids is 1. The summed E-state index contributed by atoms with van der Waals surface area (Å²) in [6.45, 7) is 5.32. The molecular formula is C20H33N5O4S. The molecule has 0 saturated carbocycles. The highest BCUT2D eigenvalue weighted by Crippen LogP contribution is 2.15. The van der Waals surface area contributed by atoms with Gasteiger partial charge in [0.1, 0.15) is 0 Å². The molecule has 1 aliphatic heterocycles. The van der Waals surface area contributed by atoms with Gasteiger partial charge in [-0.25, -0.2) is 0 Å². The Morgan fingerprint density at radius 2 is 1.77 bits per heavy atom. The fourth-order valence-corrected chi connectivity index (χ4v) is 3.80. The maximum atomic E-state index is 11.3. The molecule has 0 aromatic heterocycles. The third-order valence-corrected chi connectivity index (χ3v) is 5.43. The monoisotopic (exact) mass is 439 g/mol. The first-order chi connectivity index (χ1) is 14.4. The van der Waals surface area contributed by atoms with Gasteiger partial charge in [-0.1, -0.05) is 12.1 Å². The van der Waals surface area contributed by atoms with E-state index in [4.69, 9.17) is 12.2 Å². The van der Waals surface area contributed by atoms with Gasteiger partial charge in [-0.05, 0) is 43.3 Å². The van der Waals surface area contributed by atoms with Crippen LogP contribution in [0.15, 0.2) is 24.3 Å². The van der Waals surface area contributed by atoms with Crippen molar-refractivity contribution in [1.29, 1.82) is 0 Å². The summed E-state index contributed by atoms with van der Waals surface area (Å²) in [5, 5.41) is 35.5. The molecule has 168 valence electrons. The van der Waals surface area contributed by atoms with Crippen molar-refractivity contribution in [2.75, 3.05) is 64.6 Å². The fourth-order valence-electron chi connectivity index (χ4n) is 3.54. The van der Waals surface area contributed by atoms with E-state index in [0.29, 0.717) is 44.3 Å². The molecule has 1 saturated heterocycles. The number of anilines is 1. The molecule has 0 amide bonds. The van der Waals surface area contributed by atoms with E-state index < -0.39 is 5.97 Å². The van der Waals surface area contributed by atoms with Crippen LogP contribution < -0.4 is 10.6 Å². The Hall–Kier alpha value is -1.82. The van der Waals surface area contributed by atoms with Crippen molar-refractivity contribution in [3.05, 3.63) is 29.8 Å². The number of hydrogen-bond donors (Lipinski definition) is 5. The molecule has 10 heteroatoms. The third kappa shape index (κ3) is 8.13. The summed E-state index contributed by atoms with van der Waals surface area (Å²) >= 11 is 5.21. The number of aliphatic hydroxyl groups is 2. The quantitative estimate of drug-likeness (QED) is 0.350. The Balaban J connectivity index is 2.11. The van der Waals surface area contributed by atoms with Gasteiger partial charge >= 0.3 is 5.97 Å². The van der Waals surface area contributed by atoms with E-state index >= 15 is 0 Å². The van der Waals surface area contributed by atoms with Crippen LogP contribution in [-0.2, 0) is 11.2 Å². The first kappa shape index (κ1) is 24.4. The highest BCUT2D eigenvalue weighted by atomic mass is 32.1. The van der Waals surface area contributed by atoms with Gasteiger partial charge in [-0.3, -0.25) is 19.5 Å². The SMILES string of the molecule is CCNC(=S)Nc1ccc(CC2CN(CC(=O)O)CCN(CO)CCN2CO)cc1. The number of aliphatic hydroxyl groups excluding tert-OH is 2. The summed E-state index contributed by atoms with van der Waals surface area (Å²) in [5.74, 6) is -0.883. The van der Waals surface area contributed by atoms with Crippen LogP contribution in [0.5, 0.6) is 0 Å². The Labute approximate surface area is 183 Å². The molecule has 1 aromatic carbocycles. The molecular weight excluding hydrogens is 406 g/mol. The fraction of sp³-hybridized carbons (Fsp3) is 0.600. The summed E-state index contributed by atoms with van der Waals surface area (Å²) in [6.07, 6.45) is 0.674. The van der Waals surface area contributed by atoms with Crippen LogP contribution in [0.25, 0.3) is 0 Å². The van der Waals surface area contributed by atoms with Crippen LogP contribution in [-0.4, -0.2) is 106 Å². The lowest BCUT2D eigenvalue weighted by molar-refractivity contribution is -0.138. The minimum Gasteiger partial charge on any atom is -0.480 e. The predicted octanol–water partition coefficient (Wildman–Crippen LogP) is -0.192. The molecule has 1 aromatic rings. The Kier molecular flexibility index (Phi) is 10.4. The first-order valence-corrected chi connectivity index (χ1v) is 10.6. The zero-order valence-corrected chi connectivity index (χ0v) is 18.3. The topological polar surface area (TPSA) is 112 Å². The van der Waals surface area contributed by atoms with Crippen LogP contribution in [0.1, 0.15) is 12.5 Å². The van der Waals surface area contributed by atoms with Crippen molar-refractivity contribution in [3.8, 4) is 0 Å². The smallest absolute Gasteiger partial charge is 0.317 e. The van der Waals surface area contributed by atoms with Crippen LogP contribution in [0.3, 0.4) is 0 Å². The second-order valence-electron chi connectivity index (χ2n) is 7.38. The van der Waals surface area contributed by atoms with Gasteiger partial charge in [0.15, 0.2) is 5.11 Å². The lowest BCUT2D eigenvalue weighted by Gasteiger charge is -2.33. The first-order valence-electron chi connectivity index (χ1n) is 10.2. The van der Waals surface area contributed by atoms with Gasteiger partial charge < -0.3 is 26.0 Å². The molecule has 0 radical (unpaired) electrons. The average Bonchev–Trinajstić information content (AvgIpc) is 2.78. The lowest BCUT2D eigenvalue weighted by Crippen LogP contribution is -2.47. The van der Waals surface area contributed by atoms with Crippen LogP contribution >= 0.6 is 12.2 Å². The van der Waals surface area contributed by atoms with Gasteiger partial charge in [-0.15, -0.1) is 0 Å². The second kappa shape index (κ2) is 12.8. The van der Waals surface area contributed by atoms with Gasteiger partial charge in [0.05, 0.1) is 20.0 Å². The minimum atomic E-state index is -0.883. The molecule has 5 N–H and O–H groups in total. The lowest BCUT2D eigenvalue weighted by atomic mass is 10.0. The van der Waals surface area contributed by atoms with E-state index in [0.717, 1.165) is 17.8 Å². The molecule has 30 heavy (non-hydrogen) atoms. The van der Waals surface area contributed by atoms with Crippen LogP contribution in [0.2, 0.25) is 0 Å². The Morgan fingerprint density at radius 3 is 2.37 bits per heavy atom. The zero-order chi connectivity index (χ0) is 21.9. The second-order valence-corrected chi connectivity index (χ2v) is 7.79. The van der Waals surface area contributed by atoms with Gasteiger partial charge in [-0.2, -0.15) is 0 Å². The van der Waals surface area contributed by atoms with E-state index in [2.05, 4.69) is 10.6 Å². The average molecular weight is 440 g/mol. The molecule has 1 heterocycles. The number of hydrogen-bond acceptors (Lipinski definition) is 7. The summed E-state index contributed by atoms with van der Waals surface area (Å²) in [5.41, 5.74) is 1.98. The molecule has 2 rings (SSSR count). The number of carboxylic acid groups (broad SMARTS) is 1. The third-order valence-electron chi connectivity index (χ3n) is 5.18. The number of rotatable bonds is 8. The number of thiocarbonyl (C=S) groups is 1. The number of aliphatic carboxylic acids is 1. The van der Waals surface area contributed by atoms with E-state index in [9.17, 15) is 20.1 Å². The van der Waals surface area contributed by atoms with Crippen molar-refractivity contribution in [2.45, 2.75) is 19.4 Å².